The minimum atomic E-state index is -0.951. The minimum absolute atomic E-state index is 0.0602. The number of pyridine rings is 1. The summed E-state index contributed by atoms with van der Waals surface area (Å²) >= 11 is 0. The molecule has 168 valence electrons. The highest BCUT2D eigenvalue weighted by Gasteiger charge is 2.45. The average Bonchev–Trinajstić information content (AvgIpc) is 3.07. The first-order valence-corrected chi connectivity index (χ1v) is 10.6. The first-order valence-electron chi connectivity index (χ1n) is 10.6. The van der Waals surface area contributed by atoms with Gasteiger partial charge in [-0.1, -0.05) is 13.0 Å². The predicted molar refractivity (Wildman–Crippen MR) is 113 cm³/mol. The smallest absolute Gasteiger partial charge is 0.330 e. The van der Waals surface area contributed by atoms with Crippen LogP contribution in [0.1, 0.15) is 50.1 Å². The SMILES string of the molecule is CC[C@H]1O[C@@H](n2cc(C)c(=O)[nH]c2=O)[C@@H](OCCC(=O)CCCc2ccccn2)C1O. The van der Waals surface area contributed by atoms with E-state index < -0.39 is 35.8 Å². The number of carbonyl (C=O) groups excluding carboxylic acids is 1. The number of aliphatic hydroxyl groups is 1. The Morgan fingerprint density at radius 1 is 1.32 bits per heavy atom. The molecule has 9 nitrogen and oxygen atoms in total. The van der Waals surface area contributed by atoms with Gasteiger partial charge in [-0.2, -0.15) is 0 Å². The normalized spacial score (nSPS) is 23.2. The van der Waals surface area contributed by atoms with Gasteiger partial charge in [0.1, 0.15) is 18.0 Å². The van der Waals surface area contributed by atoms with Crippen LogP contribution >= 0.6 is 0 Å². The van der Waals surface area contributed by atoms with Gasteiger partial charge in [-0.15, -0.1) is 0 Å². The van der Waals surface area contributed by atoms with Crippen molar-refractivity contribution in [1.29, 1.82) is 0 Å². The molecule has 4 atom stereocenters. The number of ether oxygens (including phenoxy) is 2. The van der Waals surface area contributed by atoms with Crippen LogP contribution in [0, 0.1) is 6.92 Å². The molecule has 0 spiro atoms. The number of aryl methyl sites for hydroxylation is 2. The lowest BCUT2D eigenvalue weighted by Crippen LogP contribution is -2.40. The van der Waals surface area contributed by atoms with E-state index in [1.807, 2.05) is 25.1 Å². The molecule has 0 aromatic carbocycles. The lowest BCUT2D eigenvalue weighted by atomic mass is 10.1. The zero-order valence-electron chi connectivity index (χ0n) is 17.8. The third kappa shape index (κ3) is 5.75. The average molecular weight is 431 g/mol. The van der Waals surface area contributed by atoms with E-state index in [1.165, 1.54) is 10.8 Å². The number of nitrogens with one attached hydrogen (secondary N) is 1. The fourth-order valence-corrected chi connectivity index (χ4v) is 3.68. The second-order valence-corrected chi connectivity index (χ2v) is 7.74. The Hall–Kier alpha value is -2.62. The molecule has 2 N–H and O–H groups in total. The lowest BCUT2D eigenvalue weighted by molar-refractivity contribution is -0.122. The molecule has 0 radical (unpaired) electrons. The quantitative estimate of drug-likeness (QED) is 0.581. The van der Waals surface area contributed by atoms with E-state index in [-0.39, 0.29) is 18.8 Å². The van der Waals surface area contributed by atoms with Crippen LogP contribution in [0.15, 0.2) is 40.2 Å². The maximum Gasteiger partial charge on any atom is 0.330 e. The van der Waals surface area contributed by atoms with Crippen molar-refractivity contribution in [2.24, 2.45) is 0 Å². The van der Waals surface area contributed by atoms with Crippen LogP contribution in [-0.4, -0.2) is 50.3 Å². The van der Waals surface area contributed by atoms with Crippen molar-refractivity contribution in [2.45, 2.75) is 70.5 Å². The summed E-state index contributed by atoms with van der Waals surface area (Å²) in [7, 11) is 0. The van der Waals surface area contributed by atoms with Crippen molar-refractivity contribution < 1.29 is 19.4 Å². The maximum absolute atomic E-state index is 12.3. The first-order chi connectivity index (χ1) is 14.9. The zero-order chi connectivity index (χ0) is 22.4. The second kappa shape index (κ2) is 10.6. The van der Waals surface area contributed by atoms with Gasteiger partial charge in [0.2, 0.25) is 0 Å². The Morgan fingerprint density at radius 3 is 2.84 bits per heavy atom. The Kier molecular flexibility index (Phi) is 7.89. The van der Waals surface area contributed by atoms with E-state index in [9.17, 15) is 19.5 Å². The van der Waals surface area contributed by atoms with Crippen molar-refractivity contribution in [1.82, 2.24) is 14.5 Å². The van der Waals surface area contributed by atoms with Crippen molar-refractivity contribution in [2.75, 3.05) is 6.61 Å². The molecule has 1 fully saturated rings. The van der Waals surface area contributed by atoms with E-state index in [0.717, 1.165) is 12.1 Å². The second-order valence-electron chi connectivity index (χ2n) is 7.74. The monoisotopic (exact) mass is 431 g/mol. The van der Waals surface area contributed by atoms with Crippen molar-refractivity contribution >= 4 is 5.78 Å². The van der Waals surface area contributed by atoms with Crippen LogP contribution in [-0.2, 0) is 20.7 Å². The predicted octanol–water partition coefficient (Wildman–Crippen LogP) is 1.28. The van der Waals surface area contributed by atoms with Crippen LogP contribution in [0.2, 0.25) is 0 Å². The maximum atomic E-state index is 12.3. The molecule has 9 heteroatoms. The van der Waals surface area contributed by atoms with Gasteiger partial charge >= 0.3 is 5.69 Å². The molecule has 0 amide bonds. The third-order valence-corrected chi connectivity index (χ3v) is 5.44. The fourth-order valence-electron chi connectivity index (χ4n) is 3.68. The van der Waals surface area contributed by atoms with Crippen LogP contribution in [0.5, 0.6) is 0 Å². The largest absolute Gasteiger partial charge is 0.388 e. The van der Waals surface area contributed by atoms with Gasteiger partial charge in [0.25, 0.3) is 5.56 Å². The number of hydrogen-bond acceptors (Lipinski definition) is 7. The number of nitrogens with zero attached hydrogens (tertiary/aromatic N) is 2. The number of hydrogen-bond donors (Lipinski definition) is 2. The Balaban J connectivity index is 1.56. The Labute approximate surface area is 180 Å². The summed E-state index contributed by atoms with van der Waals surface area (Å²) in [4.78, 5) is 42.6. The minimum Gasteiger partial charge on any atom is -0.388 e. The summed E-state index contributed by atoms with van der Waals surface area (Å²) < 4.78 is 12.9. The molecular weight excluding hydrogens is 402 g/mol. The molecule has 0 aliphatic carbocycles. The summed E-state index contributed by atoms with van der Waals surface area (Å²) in [6.45, 7) is 3.55. The molecule has 3 heterocycles. The van der Waals surface area contributed by atoms with Crippen LogP contribution in [0.25, 0.3) is 0 Å². The molecule has 31 heavy (non-hydrogen) atoms. The topological polar surface area (TPSA) is 124 Å². The van der Waals surface area contributed by atoms with Gasteiger partial charge in [-0.25, -0.2) is 4.79 Å². The molecule has 2 aromatic heterocycles. The number of H-pyrrole nitrogens is 1. The number of rotatable bonds is 10. The summed E-state index contributed by atoms with van der Waals surface area (Å²) in [6, 6.07) is 5.70. The molecule has 1 unspecified atom stereocenters. The van der Waals surface area contributed by atoms with Gasteiger partial charge in [-0.3, -0.25) is 24.1 Å². The third-order valence-electron chi connectivity index (χ3n) is 5.44. The van der Waals surface area contributed by atoms with Crippen molar-refractivity contribution in [3.63, 3.8) is 0 Å². The first kappa shape index (κ1) is 23.1. The number of carbonyl (C=O) groups is 1. The number of Topliss-reactive ketones (excluding diaryl/α,β-unsaturated/α-hetero) is 1. The number of ketones is 1. The zero-order valence-corrected chi connectivity index (χ0v) is 17.8. The summed E-state index contributed by atoms with van der Waals surface area (Å²) in [5.74, 6) is 0.0602. The molecule has 1 saturated heterocycles. The molecule has 0 saturated carbocycles. The van der Waals surface area contributed by atoms with E-state index in [0.29, 0.717) is 24.8 Å². The summed E-state index contributed by atoms with van der Waals surface area (Å²) in [6.07, 6.45) is 2.55. The van der Waals surface area contributed by atoms with Gasteiger partial charge in [-0.05, 0) is 38.3 Å². The Bertz CT molecular complexity index is 987. The highest BCUT2D eigenvalue weighted by atomic mass is 16.6. The van der Waals surface area contributed by atoms with Gasteiger partial charge in [0.05, 0.1) is 12.7 Å². The molecule has 1 aliphatic heterocycles. The van der Waals surface area contributed by atoms with Crippen LogP contribution in [0.3, 0.4) is 0 Å². The van der Waals surface area contributed by atoms with Crippen LogP contribution in [0.4, 0.5) is 0 Å². The fraction of sp³-hybridized carbons (Fsp3) is 0.545. The lowest BCUT2D eigenvalue weighted by Gasteiger charge is -2.22. The van der Waals surface area contributed by atoms with E-state index in [2.05, 4.69) is 9.97 Å². The van der Waals surface area contributed by atoms with Gasteiger partial charge in [0, 0.05) is 36.5 Å². The number of aromatic amines is 1. The molecule has 1 aliphatic rings. The summed E-state index contributed by atoms with van der Waals surface area (Å²) in [5.41, 5.74) is 0.191. The van der Waals surface area contributed by atoms with E-state index in [1.54, 1.807) is 13.1 Å². The van der Waals surface area contributed by atoms with E-state index >= 15 is 0 Å². The highest BCUT2D eigenvalue weighted by molar-refractivity contribution is 5.78. The van der Waals surface area contributed by atoms with Crippen molar-refractivity contribution in [3.05, 3.63) is 62.7 Å². The van der Waals surface area contributed by atoms with E-state index in [4.69, 9.17) is 9.47 Å². The Morgan fingerprint density at radius 2 is 2.13 bits per heavy atom. The molecule has 2 aromatic rings. The molecule has 0 bridgehead atoms. The molecule has 3 rings (SSSR count). The van der Waals surface area contributed by atoms with Crippen molar-refractivity contribution in [3.8, 4) is 0 Å². The van der Waals surface area contributed by atoms with Crippen LogP contribution < -0.4 is 11.2 Å². The van der Waals surface area contributed by atoms with Gasteiger partial charge < -0.3 is 14.6 Å². The number of aromatic nitrogens is 3. The molecular formula is C22H29N3O6. The standard InChI is InChI=1S/C22H29N3O6/c1-3-17-18(27)19(21(31-17)25-13-14(2)20(28)24-22(25)29)30-12-10-16(26)9-6-8-15-7-4-5-11-23-15/h4-5,7,11,13,17-19,21,27H,3,6,8-10,12H2,1-2H3,(H,24,28,29)/t17-,18?,19+,21-/m1/s1. The van der Waals surface area contributed by atoms with Gasteiger partial charge in [0.15, 0.2) is 6.23 Å². The number of aliphatic hydroxyl groups excluding tert-OH is 1. The highest BCUT2D eigenvalue weighted by Crippen LogP contribution is 2.32. The summed E-state index contributed by atoms with van der Waals surface area (Å²) in [5, 5.41) is 10.6.